The Morgan fingerprint density at radius 3 is 2.65 bits per heavy atom. The molecule has 3 heterocycles. The topological polar surface area (TPSA) is 111 Å². The summed E-state index contributed by atoms with van der Waals surface area (Å²) in [6.07, 6.45) is 1.56. The van der Waals surface area contributed by atoms with Crippen LogP contribution in [0.5, 0.6) is 17.2 Å². The fraction of sp³-hybridized carbons (Fsp3) is 0.314. The molecule has 9 nitrogen and oxygen atoms in total. The average Bonchev–Trinajstić information content (AvgIpc) is 3.74. The van der Waals surface area contributed by atoms with E-state index in [9.17, 15) is 14.7 Å². The Bertz CT molecular complexity index is 1790. The summed E-state index contributed by atoms with van der Waals surface area (Å²) in [5.74, 6) is 1.02. The van der Waals surface area contributed by atoms with Crippen molar-refractivity contribution in [3.8, 4) is 17.2 Å². The minimum Gasteiger partial charge on any atom is -0.507 e. The second-order valence-corrected chi connectivity index (χ2v) is 13.9. The van der Waals surface area contributed by atoms with Crippen LogP contribution >= 0.6 is 23.1 Å². The lowest BCUT2D eigenvalue weighted by atomic mass is 9.94. The Hall–Kier alpha value is -4.35. The van der Waals surface area contributed by atoms with E-state index >= 15 is 0 Å². The predicted octanol–water partition coefficient (Wildman–Crippen LogP) is 7.21. The van der Waals surface area contributed by atoms with Crippen molar-refractivity contribution in [1.29, 1.82) is 0 Å². The molecule has 11 heteroatoms. The maximum Gasteiger partial charge on any atom is 0.301 e. The summed E-state index contributed by atoms with van der Waals surface area (Å²) in [5, 5.41) is 20.6. The van der Waals surface area contributed by atoms with Crippen molar-refractivity contribution in [3.63, 3.8) is 0 Å². The number of Topliss-reactive ketones (excluding diaryl/α,β-unsaturated/α-hetero) is 1. The molecule has 0 radical (unpaired) electrons. The lowest BCUT2D eigenvalue weighted by Gasteiger charge is -2.23. The molecule has 0 saturated carbocycles. The van der Waals surface area contributed by atoms with Crippen molar-refractivity contribution in [2.75, 3.05) is 18.6 Å². The minimum absolute atomic E-state index is 0.0121. The van der Waals surface area contributed by atoms with E-state index in [0.29, 0.717) is 51.7 Å². The van der Waals surface area contributed by atoms with E-state index in [4.69, 9.17) is 14.2 Å². The molecule has 2 unspecified atom stereocenters. The highest BCUT2D eigenvalue weighted by atomic mass is 32.2. The number of thioether (sulfide) groups is 1. The summed E-state index contributed by atoms with van der Waals surface area (Å²) in [6, 6.07) is 19.6. The number of benzene rings is 3. The molecule has 1 saturated heterocycles. The van der Waals surface area contributed by atoms with Gasteiger partial charge in [-0.3, -0.25) is 14.5 Å². The van der Waals surface area contributed by atoms with E-state index in [0.717, 1.165) is 23.3 Å². The van der Waals surface area contributed by atoms with Crippen molar-refractivity contribution < 1.29 is 28.9 Å². The zero-order chi connectivity index (χ0) is 32.4. The fourth-order valence-corrected chi connectivity index (χ4v) is 7.35. The van der Waals surface area contributed by atoms with Crippen LogP contribution in [0.1, 0.15) is 55.5 Å². The van der Waals surface area contributed by atoms with Gasteiger partial charge in [-0.05, 0) is 66.3 Å². The summed E-state index contributed by atoms with van der Waals surface area (Å²) >= 11 is 2.72. The van der Waals surface area contributed by atoms with Crippen LogP contribution in [0, 0.1) is 5.92 Å². The van der Waals surface area contributed by atoms with Gasteiger partial charge in [0, 0.05) is 17.7 Å². The normalized spacial score (nSPS) is 18.6. The molecule has 1 N–H and O–H groups in total. The minimum atomic E-state index is -0.984. The zero-order valence-corrected chi connectivity index (χ0v) is 27.7. The number of aromatic nitrogens is 2. The number of carbonyl (C=O) groups excluding carboxylic acids is 2. The molecule has 1 amide bonds. The molecule has 6 rings (SSSR count). The van der Waals surface area contributed by atoms with Crippen molar-refractivity contribution in [2.45, 2.75) is 55.9 Å². The standard InChI is InChI=1S/C35H35N3O6S2/c1-20(2)14-15-43-27-13-10-23(18-28(27)42-4)30-29(31(39)24-11-12-26-25(17-24)16-21(3)44-26)32(40)33(41)38(30)34-36-37-35(46-34)45-19-22-8-6-5-7-9-22/h5-13,17-18,20-21,30,39H,14-16,19H2,1-4H3/b31-29+. The van der Waals surface area contributed by atoms with Gasteiger partial charge < -0.3 is 19.3 Å². The van der Waals surface area contributed by atoms with Gasteiger partial charge in [-0.2, -0.15) is 0 Å². The molecule has 2 aliphatic heterocycles. The highest BCUT2D eigenvalue weighted by Crippen LogP contribution is 2.46. The highest BCUT2D eigenvalue weighted by Gasteiger charge is 2.48. The molecule has 0 spiro atoms. The average molecular weight is 658 g/mol. The third-order valence-corrected chi connectivity index (χ3v) is 10.0. The largest absolute Gasteiger partial charge is 0.507 e. The Morgan fingerprint density at radius 2 is 1.89 bits per heavy atom. The number of methoxy groups -OCH3 is 1. The predicted molar refractivity (Wildman–Crippen MR) is 179 cm³/mol. The highest BCUT2D eigenvalue weighted by molar-refractivity contribution is 8.00. The first-order valence-corrected chi connectivity index (χ1v) is 17.0. The number of amides is 1. The van der Waals surface area contributed by atoms with E-state index in [1.807, 2.05) is 43.3 Å². The Morgan fingerprint density at radius 1 is 1.09 bits per heavy atom. The van der Waals surface area contributed by atoms with Gasteiger partial charge in [-0.25, -0.2) is 0 Å². The second-order valence-electron chi connectivity index (χ2n) is 11.7. The van der Waals surface area contributed by atoms with Gasteiger partial charge >= 0.3 is 5.91 Å². The number of hydrogen-bond donors (Lipinski definition) is 1. The lowest BCUT2D eigenvalue weighted by molar-refractivity contribution is -0.132. The molecule has 0 aliphatic carbocycles. The number of ether oxygens (including phenoxy) is 3. The molecule has 46 heavy (non-hydrogen) atoms. The number of nitrogens with zero attached hydrogens (tertiary/aromatic N) is 3. The van der Waals surface area contributed by atoms with E-state index < -0.39 is 17.7 Å². The summed E-state index contributed by atoms with van der Waals surface area (Å²) in [7, 11) is 1.54. The van der Waals surface area contributed by atoms with Gasteiger partial charge in [0.2, 0.25) is 5.13 Å². The van der Waals surface area contributed by atoms with Crippen LogP contribution in [0.15, 0.2) is 76.6 Å². The van der Waals surface area contributed by atoms with Gasteiger partial charge in [0.25, 0.3) is 5.78 Å². The van der Waals surface area contributed by atoms with E-state index in [1.165, 1.54) is 28.0 Å². The number of rotatable bonds is 11. The van der Waals surface area contributed by atoms with Crippen molar-refractivity contribution in [3.05, 3.63) is 94.6 Å². The van der Waals surface area contributed by atoms with E-state index in [1.54, 1.807) is 37.4 Å². The zero-order valence-electron chi connectivity index (χ0n) is 26.1. The molecular weight excluding hydrogens is 623 g/mol. The molecule has 1 fully saturated rings. The quantitative estimate of drug-likeness (QED) is 0.0588. The summed E-state index contributed by atoms with van der Waals surface area (Å²) in [5.41, 5.74) is 3.00. The monoisotopic (exact) mass is 657 g/mol. The number of fused-ring (bicyclic) bond motifs is 1. The molecule has 2 atom stereocenters. The molecule has 0 bridgehead atoms. The van der Waals surface area contributed by atoms with Crippen LogP contribution < -0.4 is 19.1 Å². The van der Waals surface area contributed by atoms with Gasteiger partial charge in [-0.15, -0.1) is 10.2 Å². The van der Waals surface area contributed by atoms with Crippen LogP contribution in [0.25, 0.3) is 5.76 Å². The Labute approximate surface area is 276 Å². The smallest absolute Gasteiger partial charge is 0.301 e. The van der Waals surface area contributed by atoms with Crippen LogP contribution in [0.4, 0.5) is 5.13 Å². The molecule has 3 aromatic carbocycles. The third kappa shape index (κ3) is 6.47. The number of carbonyl (C=O) groups is 2. The van der Waals surface area contributed by atoms with Crippen LogP contribution in [0.2, 0.25) is 0 Å². The van der Waals surface area contributed by atoms with Crippen molar-refractivity contribution in [2.24, 2.45) is 5.92 Å². The lowest BCUT2D eigenvalue weighted by Crippen LogP contribution is -2.29. The van der Waals surface area contributed by atoms with Crippen LogP contribution in [-0.4, -0.2) is 46.8 Å². The second kappa shape index (κ2) is 13.6. The molecule has 2 aliphatic rings. The Kier molecular flexibility index (Phi) is 9.32. The first kappa shape index (κ1) is 31.6. The van der Waals surface area contributed by atoms with Crippen LogP contribution in [-0.2, 0) is 21.8 Å². The number of anilines is 1. The Balaban J connectivity index is 1.40. The van der Waals surface area contributed by atoms with Crippen molar-refractivity contribution in [1.82, 2.24) is 10.2 Å². The summed E-state index contributed by atoms with van der Waals surface area (Å²) in [6.45, 7) is 6.74. The third-order valence-electron chi connectivity index (χ3n) is 7.88. The van der Waals surface area contributed by atoms with E-state index in [-0.39, 0.29) is 22.6 Å². The SMILES string of the molecule is COc1cc(C2/C(=C(\O)c3ccc4c(c3)CC(C)O4)C(=O)C(=O)N2c2nnc(SCc3ccccc3)s2)ccc1OCCC(C)C. The summed E-state index contributed by atoms with van der Waals surface area (Å²) < 4.78 is 18.2. The van der Waals surface area contributed by atoms with E-state index in [2.05, 4.69) is 24.0 Å². The van der Waals surface area contributed by atoms with Gasteiger partial charge in [0.15, 0.2) is 15.8 Å². The number of aliphatic hydroxyl groups is 1. The van der Waals surface area contributed by atoms with Crippen LogP contribution in [0.3, 0.4) is 0 Å². The first-order valence-electron chi connectivity index (χ1n) is 15.2. The van der Waals surface area contributed by atoms with Gasteiger partial charge in [-0.1, -0.05) is 73.3 Å². The number of aliphatic hydroxyl groups excluding tert-OH is 1. The first-order chi connectivity index (χ1) is 22.2. The van der Waals surface area contributed by atoms with Gasteiger partial charge in [0.05, 0.1) is 25.3 Å². The number of ketones is 1. The maximum absolute atomic E-state index is 13.8. The molecule has 4 aromatic rings. The fourth-order valence-electron chi connectivity index (χ4n) is 5.53. The molecule has 1 aromatic heterocycles. The molecule has 238 valence electrons. The summed E-state index contributed by atoms with van der Waals surface area (Å²) in [4.78, 5) is 28.9. The maximum atomic E-state index is 13.8. The number of hydrogen-bond acceptors (Lipinski definition) is 10. The van der Waals surface area contributed by atoms with Crippen molar-refractivity contribution >= 4 is 45.7 Å². The van der Waals surface area contributed by atoms with Gasteiger partial charge in [0.1, 0.15) is 17.6 Å². The molecular formula is C35H35N3O6S2.